The maximum Gasteiger partial charge on any atom is 0.416 e. The van der Waals surface area contributed by atoms with Crippen LogP contribution in [-0.4, -0.2) is 25.8 Å². The van der Waals surface area contributed by atoms with E-state index in [1.807, 2.05) is 14.0 Å². The van der Waals surface area contributed by atoms with Gasteiger partial charge in [0.15, 0.2) is 0 Å². The molecule has 1 heterocycles. The lowest BCUT2D eigenvalue weighted by Gasteiger charge is -2.25. The number of nitrogens with one attached hydrogen (secondary N) is 1. The second-order valence-corrected chi connectivity index (χ2v) is 5.33. The summed E-state index contributed by atoms with van der Waals surface area (Å²) < 4.78 is 43.7. The van der Waals surface area contributed by atoms with Gasteiger partial charge in [0.05, 0.1) is 11.7 Å². The molecule has 20 heavy (non-hydrogen) atoms. The minimum absolute atomic E-state index is 0.135. The zero-order valence-corrected chi connectivity index (χ0v) is 11.7. The molecule has 1 saturated heterocycles. The second kappa shape index (κ2) is 6.14. The minimum atomic E-state index is -4.28. The van der Waals surface area contributed by atoms with E-state index in [2.05, 4.69) is 5.32 Å². The van der Waals surface area contributed by atoms with Crippen molar-refractivity contribution in [1.29, 1.82) is 0 Å². The van der Waals surface area contributed by atoms with Crippen molar-refractivity contribution in [3.05, 3.63) is 35.4 Å². The van der Waals surface area contributed by atoms with Crippen LogP contribution >= 0.6 is 0 Å². The van der Waals surface area contributed by atoms with E-state index < -0.39 is 11.7 Å². The summed E-state index contributed by atoms with van der Waals surface area (Å²) in [5, 5.41) is 3.22. The zero-order valence-electron chi connectivity index (χ0n) is 11.7. The predicted octanol–water partition coefficient (Wildman–Crippen LogP) is 3.26. The summed E-state index contributed by atoms with van der Waals surface area (Å²) in [6, 6.07) is 5.71. The molecule has 2 rings (SSSR count). The lowest BCUT2D eigenvalue weighted by atomic mass is 9.88. The van der Waals surface area contributed by atoms with Gasteiger partial charge in [-0.3, -0.25) is 0 Å². The van der Waals surface area contributed by atoms with Crippen LogP contribution in [0, 0.1) is 5.92 Å². The minimum Gasteiger partial charge on any atom is -0.378 e. The highest BCUT2D eigenvalue weighted by atomic mass is 19.4. The molecule has 3 atom stereocenters. The topological polar surface area (TPSA) is 21.3 Å². The first-order valence-electron chi connectivity index (χ1n) is 6.87. The number of likely N-dealkylation sites (N-methyl/N-ethyl adjacent to an activating group) is 1. The van der Waals surface area contributed by atoms with E-state index >= 15 is 0 Å². The number of hydrogen-bond acceptors (Lipinski definition) is 2. The van der Waals surface area contributed by atoms with Crippen LogP contribution in [0.1, 0.15) is 24.5 Å². The van der Waals surface area contributed by atoms with Gasteiger partial charge in [-0.25, -0.2) is 0 Å². The molecule has 2 nitrogen and oxygen atoms in total. The van der Waals surface area contributed by atoms with E-state index in [0.29, 0.717) is 17.9 Å². The summed E-state index contributed by atoms with van der Waals surface area (Å²) in [4.78, 5) is 0. The molecular weight excluding hydrogens is 267 g/mol. The van der Waals surface area contributed by atoms with Gasteiger partial charge in [-0.1, -0.05) is 18.2 Å². The Hall–Kier alpha value is -1.07. The molecule has 1 aliphatic rings. The standard InChI is InChI=1S/C15H20F3NO/c1-10-13(6-7-20-10)14(19-2)9-11-4-3-5-12(8-11)15(16,17)18/h3-5,8,10,13-14,19H,6-7,9H2,1-2H3. The molecule has 0 aromatic heterocycles. The number of alkyl halides is 3. The fourth-order valence-electron chi connectivity index (χ4n) is 2.87. The molecule has 1 N–H and O–H groups in total. The van der Waals surface area contributed by atoms with Gasteiger partial charge in [-0.2, -0.15) is 13.2 Å². The molecule has 0 saturated carbocycles. The Bertz CT molecular complexity index is 447. The van der Waals surface area contributed by atoms with Crippen molar-refractivity contribution in [2.75, 3.05) is 13.7 Å². The fraction of sp³-hybridized carbons (Fsp3) is 0.600. The first-order valence-corrected chi connectivity index (χ1v) is 6.87. The number of rotatable bonds is 4. The maximum absolute atomic E-state index is 12.7. The van der Waals surface area contributed by atoms with Crippen LogP contribution in [0.4, 0.5) is 13.2 Å². The largest absolute Gasteiger partial charge is 0.416 e. The van der Waals surface area contributed by atoms with Gasteiger partial charge in [-0.15, -0.1) is 0 Å². The van der Waals surface area contributed by atoms with Crippen LogP contribution in [0.2, 0.25) is 0 Å². The summed E-state index contributed by atoms with van der Waals surface area (Å²) in [7, 11) is 1.85. The SMILES string of the molecule is CNC(Cc1cccc(C(F)(F)F)c1)C1CCOC1C. The van der Waals surface area contributed by atoms with Crippen molar-refractivity contribution >= 4 is 0 Å². The van der Waals surface area contributed by atoms with Crippen LogP contribution in [0.25, 0.3) is 0 Å². The zero-order chi connectivity index (χ0) is 14.8. The fourth-order valence-corrected chi connectivity index (χ4v) is 2.87. The first kappa shape index (κ1) is 15.3. The molecule has 0 amide bonds. The molecule has 0 spiro atoms. The quantitative estimate of drug-likeness (QED) is 0.917. The van der Waals surface area contributed by atoms with Crippen molar-refractivity contribution in [2.24, 2.45) is 5.92 Å². The second-order valence-electron chi connectivity index (χ2n) is 5.33. The van der Waals surface area contributed by atoms with Crippen LogP contribution in [0.3, 0.4) is 0 Å². The molecular formula is C15H20F3NO. The van der Waals surface area contributed by atoms with Gasteiger partial charge < -0.3 is 10.1 Å². The van der Waals surface area contributed by atoms with Gasteiger partial charge in [0.2, 0.25) is 0 Å². The highest BCUT2D eigenvalue weighted by Crippen LogP contribution is 2.31. The third-order valence-electron chi connectivity index (χ3n) is 4.03. The Balaban J connectivity index is 2.11. The predicted molar refractivity (Wildman–Crippen MR) is 71.5 cm³/mol. The molecule has 112 valence electrons. The molecule has 1 fully saturated rings. The normalized spacial score (nSPS) is 24.9. The summed E-state index contributed by atoms with van der Waals surface area (Å²) in [5.74, 6) is 0.342. The third-order valence-corrected chi connectivity index (χ3v) is 4.03. The highest BCUT2D eigenvalue weighted by molar-refractivity contribution is 5.26. The Morgan fingerprint density at radius 3 is 2.70 bits per heavy atom. The van der Waals surface area contributed by atoms with Gasteiger partial charge in [0, 0.05) is 18.6 Å². The Morgan fingerprint density at radius 2 is 2.15 bits per heavy atom. The van der Waals surface area contributed by atoms with E-state index in [9.17, 15) is 13.2 Å². The summed E-state index contributed by atoms with van der Waals surface area (Å²) in [6.45, 7) is 2.75. The number of benzene rings is 1. The van der Waals surface area contributed by atoms with Gasteiger partial charge in [-0.05, 0) is 38.4 Å². The molecule has 3 unspecified atom stereocenters. The third kappa shape index (κ3) is 3.52. The number of ether oxygens (including phenoxy) is 1. The van der Waals surface area contributed by atoms with Gasteiger partial charge in [0.25, 0.3) is 0 Å². The average Bonchev–Trinajstić information content (AvgIpc) is 2.81. The lowest BCUT2D eigenvalue weighted by molar-refractivity contribution is -0.137. The van der Waals surface area contributed by atoms with E-state index in [1.165, 1.54) is 12.1 Å². The highest BCUT2D eigenvalue weighted by Gasteiger charge is 2.33. The van der Waals surface area contributed by atoms with Crippen molar-refractivity contribution < 1.29 is 17.9 Å². The summed E-state index contributed by atoms with van der Waals surface area (Å²) in [6.07, 6.45) is -2.60. The van der Waals surface area contributed by atoms with Gasteiger partial charge >= 0.3 is 6.18 Å². The molecule has 5 heteroatoms. The molecule has 1 aliphatic heterocycles. The van der Waals surface area contributed by atoms with Crippen LogP contribution in [0.15, 0.2) is 24.3 Å². The summed E-state index contributed by atoms with van der Waals surface area (Å²) in [5.41, 5.74) is 0.124. The smallest absolute Gasteiger partial charge is 0.378 e. The van der Waals surface area contributed by atoms with E-state index in [1.54, 1.807) is 6.07 Å². The maximum atomic E-state index is 12.7. The van der Waals surface area contributed by atoms with Crippen molar-refractivity contribution in [3.63, 3.8) is 0 Å². The molecule has 0 radical (unpaired) electrons. The van der Waals surface area contributed by atoms with Crippen molar-refractivity contribution in [2.45, 2.75) is 38.1 Å². The average molecular weight is 287 g/mol. The Kier molecular flexibility index (Phi) is 4.70. The number of halogens is 3. The van der Waals surface area contributed by atoms with E-state index in [0.717, 1.165) is 19.1 Å². The monoisotopic (exact) mass is 287 g/mol. The van der Waals surface area contributed by atoms with Crippen LogP contribution in [-0.2, 0) is 17.3 Å². The first-order chi connectivity index (χ1) is 9.41. The van der Waals surface area contributed by atoms with Crippen molar-refractivity contribution in [1.82, 2.24) is 5.32 Å². The molecule has 0 bridgehead atoms. The number of hydrogen-bond donors (Lipinski definition) is 1. The molecule has 0 aliphatic carbocycles. The van der Waals surface area contributed by atoms with Gasteiger partial charge in [0.1, 0.15) is 0 Å². The van der Waals surface area contributed by atoms with Crippen LogP contribution in [0.5, 0.6) is 0 Å². The lowest BCUT2D eigenvalue weighted by Crippen LogP contribution is -2.38. The molecule has 1 aromatic carbocycles. The Labute approximate surface area is 117 Å². The summed E-state index contributed by atoms with van der Waals surface area (Å²) >= 11 is 0. The van der Waals surface area contributed by atoms with E-state index in [4.69, 9.17) is 4.74 Å². The van der Waals surface area contributed by atoms with E-state index in [-0.39, 0.29) is 12.1 Å². The Morgan fingerprint density at radius 1 is 1.40 bits per heavy atom. The molecule has 1 aromatic rings. The van der Waals surface area contributed by atoms with Crippen molar-refractivity contribution in [3.8, 4) is 0 Å². The van der Waals surface area contributed by atoms with Crippen LogP contribution < -0.4 is 5.32 Å².